The first-order chi connectivity index (χ1) is 11.4. The van der Waals surface area contributed by atoms with Crippen LogP contribution in [-0.4, -0.2) is 5.11 Å². The van der Waals surface area contributed by atoms with Crippen LogP contribution in [-0.2, 0) is 19.0 Å². The first-order valence-corrected chi connectivity index (χ1v) is 8.20. The molecule has 2 N–H and O–H groups in total. The lowest BCUT2D eigenvalue weighted by molar-refractivity contribution is -0.137. The molecule has 3 rings (SSSR count). The van der Waals surface area contributed by atoms with Gasteiger partial charge in [0.2, 0.25) is 0 Å². The van der Waals surface area contributed by atoms with Gasteiger partial charge in [0, 0.05) is 11.4 Å². The van der Waals surface area contributed by atoms with Crippen molar-refractivity contribution in [3.05, 3.63) is 59.2 Å². The van der Waals surface area contributed by atoms with Crippen molar-refractivity contribution in [1.29, 1.82) is 0 Å². The van der Waals surface area contributed by atoms with E-state index >= 15 is 0 Å². The van der Waals surface area contributed by atoms with E-state index in [0.717, 1.165) is 37.1 Å². The molecule has 1 aliphatic rings. The van der Waals surface area contributed by atoms with E-state index in [1.807, 2.05) is 12.1 Å². The number of nitrogens with one attached hydrogen (secondary N) is 2. The molecule has 6 heteroatoms. The summed E-state index contributed by atoms with van der Waals surface area (Å²) in [6.45, 7) is 0. The fourth-order valence-corrected chi connectivity index (χ4v) is 3.18. The summed E-state index contributed by atoms with van der Waals surface area (Å²) in [7, 11) is 0. The van der Waals surface area contributed by atoms with Gasteiger partial charge in [-0.15, -0.1) is 0 Å². The smallest absolute Gasteiger partial charge is 0.332 e. The minimum absolute atomic E-state index is 0.285. The second-order valence-electron chi connectivity index (χ2n) is 5.81. The Hall–Kier alpha value is -2.08. The fraction of sp³-hybridized carbons (Fsp3) is 0.278. The Labute approximate surface area is 144 Å². The first kappa shape index (κ1) is 16.8. The van der Waals surface area contributed by atoms with Gasteiger partial charge in [-0.1, -0.05) is 18.2 Å². The molecule has 2 aromatic carbocycles. The highest BCUT2D eigenvalue weighted by molar-refractivity contribution is 7.80. The summed E-state index contributed by atoms with van der Waals surface area (Å²) in [6, 6.07) is 11.0. The lowest BCUT2D eigenvalue weighted by atomic mass is 9.90. The standard InChI is InChI=1S/C18H17F3N2S/c19-18(20,21)13-7-4-8-14(11-13)22-17(24)23-16-10-3-6-12-5-1-2-9-15(12)16/h3-4,6-8,10-11H,1-2,5,9H2,(H2,22,23,24). The third-order valence-corrected chi connectivity index (χ3v) is 4.30. The van der Waals surface area contributed by atoms with Crippen LogP contribution >= 0.6 is 12.2 Å². The van der Waals surface area contributed by atoms with Gasteiger partial charge >= 0.3 is 6.18 Å². The van der Waals surface area contributed by atoms with Crippen LogP contribution in [0.3, 0.4) is 0 Å². The maximum Gasteiger partial charge on any atom is 0.416 e. The molecule has 0 aliphatic heterocycles. The van der Waals surface area contributed by atoms with E-state index in [-0.39, 0.29) is 5.11 Å². The molecule has 0 spiro atoms. The molecule has 0 atom stereocenters. The first-order valence-electron chi connectivity index (χ1n) is 7.79. The van der Waals surface area contributed by atoms with E-state index < -0.39 is 11.7 Å². The predicted molar refractivity (Wildman–Crippen MR) is 94.4 cm³/mol. The topological polar surface area (TPSA) is 24.1 Å². The summed E-state index contributed by atoms with van der Waals surface area (Å²) in [5.41, 5.74) is 3.10. The second-order valence-corrected chi connectivity index (χ2v) is 6.22. The number of benzene rings is 2. The number of thiocarbonyl (C=S) groups is 1. The maximum absolute atomic E-state index is 12.8. The number of anilines is 2. The van der Waals surface area contributed by atoms with Gasteiger partial charge in [0.15, 0.2) is 5.11 Å². The van der Waals surface area contributed by atoms with Crippen LogP contribution in [0.15, 0.2) is 42.5 Å². The van der Waals surface area contributed by atoms with Gasteiger partial charge in [-0.25, -0.2) is 0 Å². The minimum atomic E-state index is -4.37. The number of aryl methyl sites for hydroxylation is 1. The third-order valence-electron chi connectivity index (χ3n) is 4.09. The summed E-state index contributed by atoms with van der Waals surface area (Å²) in [6.07, 6.45) is -0.00249. The molecule has 24 heavy (non-hydrogen) atoms. The highest BCUT2D eigenvalue weighted by Gasteiger charge is 2.30. The van der Waals surface area contributed by atoms with Crippen LogP contribution < -0.4 is 10.6 Å². The lowest BCUT2D eigenvalue weighted by Gasteiger charge is -2.20. The quantitative estimate of drug-likeness (QED) is 0.710. The number of alkyl halides is 3. The molecule has 0 fully saturated rings. The highest BCUT2D eigenvalue weighted by atomic mass is 32.1. The molecule has 0 radical (unpaired) electrons. The van der Waals surface area contributed by atoms with E-state index in [2.05, 4.69) is 16.7 Å². The monoisotopic (exact) mass is 350 g/mol. The molecule has 0 bridgehead atoms. The lowest BCUT2D eigenvalue weighted by Crippen LogP contribution is -2.21. The zero-order valence-corrected chi connectivity index (χ0v) is 13.7. The van der Waals surface area contributed by atoms with Crippen molar-refractivity contribution in [1.82, 2.24) is 0 Å². The minimum Gasteiger partial charge on any atom is -0.332 e. The second kappa shape index (κ2) is 6.81. The van der Waals surface area contributed by atoms with Crippen LogP contribution in [0, 0.1) is 0 Å². The van der Waals surface area contributed by atoms with Crippen LogP contribution in [0.2, 0.25) is 0 Å². The Morgan fingerprint density at radius 2 is 1.71 bits per heavy atom. The average Bonchev–Trinajstić information content (AvgIpc) is 2.54. The molecule has 0 heterocycles. The molecule has 0 amide bonds. The summed E-state index contributed by atoms with van der Waals surface area (Å²) in [5.74, 6) is 0. The maximum atomic E-state index is 12.8. The van der Waals surface area contributed by atoms with Gasteiger partial charge in [-0.3, -0.25) is 0 Å². The number of fused-ring (bicyclic) bond motifs is 1. The van der Waals surface area contributed by atoms with Gasteiger partial charge in [0.05, 0.1) is 5.56 Å². The van der Waals surface area contributed by atoms with E-state index in [1.165, 1.54) is 23.6 Å². The largest absolute Gasteiger partial charge is 0.416 e. The molecule has 0 saturated carbocycles. The van der Waals surface area contributed by atoms with Crippen molar-refractivity contribution in [2.75, 3.05) is 10.6 Å². The van der Waals surface area contributed by atoms with Crippen molar-refractivity contribution < 1.29 is 13.2 Å². The molecular formula is C18H17F3N2S. The average molecular weight is 350 g/mol. The molecule has 2 nitrogen and oxygen atoms in total. The Morgan fingerprint density at radius 1 is 0.958 bits per heavy atom. The zero-order chi connectivity index (χ0) is 17.2. The van der Waals surface area contributed by atoms with Crippen LogP contribution in [0.1, 0.15) is 29.5 Å². The van der Waals surface area contributed by atoms with E-state index in [1.54, 1.807) is 6.07 Å². The Bertz CT molecular complexity index is 756. The van der Waals surface area contributed by atoms with Crippen molar-refractivity contribution in [2.24, 2.45) is 0 Å². The van der Waals surface area contributed by atoms with Crippen molar-refractivity contribution >= 4 is 28.7 Å². The normalized spacial score (nSPS) is 14.0. The molecule has 2 aromatic rings. The Kier molecular flexibility index (Phi) is 4.76. The van der Waals surface area contributed by atoms with Gasteiger partial charge in [0.1, 0.15) is 0 Å². The van der Waals surface area contributed by atoms with Crippen LogP contribution in [0.4, 0.5) is 24.5 Å². The van der Waals surface area contributed by atoms with Crippen LogP contribution in [0.25, 0.3) is 0 Å². The summed E-state index contributed by atoms with van der Waals surface area (Å²) >= 11 is 5.26. The van der Waals surface area contributed by atoms with E-state index in [9.17, 15) is 13.2 Å². The van der Waals surface area contributed by atoms with Gasteiger partial charge in [-0.2, -0.15) is 13.2 Å². The number of hydrogen-bond donors (Lipinski definition) is 2. The number of halogens is 3. The molecular weight excluding hydrogens is 333 g/mol. The Morgan fingerprint density at radius 3 is 2.50 bits per heavy atom. The molecule has 0 unspecified atom stereocenters. The van der Waals surface area contributed by atoms with Crippen molar-refractivity contribution in [3.8, 4) is 0 Å². The molecule has 0 aromatic heterocycles. The number of hydrogen-bond acceptors (Lipinski definition) is 1. The zero-order valence-electron chi connectivity index (χ0n) is 12.9. The molecule has 1 aliphatic carbocycles. The van der Waals surface area contributed by atoms with Gasteiger partial charge < -0.3 is 10.6 Å². The van der Waals surface area contributed by atoms with E-state index in [4.69, 9.17) is 12.2 Å². The van der Waals surface area contributed by atoms with Crippen molar-refractivity contribution in [3.63, 3.8) is 0 Å². The highest BCUT2D eigenvalue weighted by Crippen LogP contribution is 2.31. The fourth-order valence-electron chi connectivity index (χ4n) is 2.96. The summed E-state index contributed by atoms with van der Waals surface area (Å²) in [4.78, 5) is 0. The molecule has 126 valence electrons. The summed E-state index contributed by atoms with van der Waals surface area (Å²) in [5, 5.41) is 6.23. The van der Waals surface area contributed by atoms with Gasteiger partial charge in [0.25, 0.3) is 0 Å². The summed E-state index contributed by atoms with van der Waals surface area (Å²) < 4.78 is 38.3. The number of rotatable bonds is 2. The van der Waals surface area contributed by atoms with Crippen molar-refractivity contribution in [2.45, 2.75) is 31.9 Å². The predicted octanol–water partition coefficient (Wildman–Crippen LogP) is 5.39. The SMILES string of the molecule is FC(F)(F)c1cccc(NC(=S)Nc2cccc3c2CCCC3)c1. The Balaban J connectivity index is 1.73. The molecule has 0 saturated heterocycles. The van der Waals surface area contributed by atoms with Gasteiger partial charge in [-0.05, 0) is 73.3 Å². The van der Waals surface area contributed by atoms with E-state index in [0.29, 0.717) is 5.69 Å². The van der Waals surface area contributed by atoms with Crippen LogP contribution in [0.5, 0.6) is 0 Å². The third kappa shape index (κ3) is 3.87.